The first kappa shape index (κ1) is 12.6. The van der Waals surface area contributed by atoms with E-state index in [0.717, 1.165) is 0 Å². The normalized spacial score (nSPS) is 11.3. The number of carbonyl (C=O) groups is 1. The van der Waals surface area contributed by atoms with Crippen LogP contribution in [-0.2, 0) is 0 Å². The lowest BCUT2D eigenvalue weighted by atomic mass is 10.4. The lowest BCUT2D eigenvalue weighted by molar-refractivity contribution is 0.0994. The van der Waals surface area contributed by atoms with E-state index in [9.17, 15) is 4.79 Å². The third-order valence-corrected chi connectivity index (χ3v) is 2.46. The summed E-state index contributed by atoms with van der Waals surface area (Å²) in [5.41, 5.74) is 6.14. The highest BCUT2D eigenvalue weighted by molar-refractivity contribution is 5.91. The number of fused-ring (bicyclic) bond motifs is 1. The van der Waals surface area contributed by atoms with E-state index in [1.54, 1.807) is 41.0 Å². The Morgan fingerprint density at radius 2 is 2.26 bits per heavy atom. The summed E-state index contributed by atoms with van der Waals surface area (Å²) >= 11 is 0. The molecule has 2 N–H and O–H groups in total. The summed E-state index contributed by atoms with van der Waals surface area (Å²) in [5, 5.41) is 0. The first-order chi connectivity index (χ1) is 9.15. The van der Waals surface area contributed by atoms with Crippen LogP contribution in [0.15, 0.2) is 61.7 Å². The zero-order valence-corrected chi connectivity index (χ0v) is 10.2. The minimum Gasteiger partial charge on any atom is -0.457 e. The number of hydrogen-bond acceptors (Lipinski definition) is 3. The van der Waals surface area contributed by atoms with Crippen LogP contribution in [0.1, 0.15) is 10.5 Å². The second-order valence-corrected chi connectivity index (χ2v) is 3.71. The van der Waals surface area contributed by atoms with E-state index in [1.807, 2.05) is 0 Å². The topological polar surface area (TPSA) is 69.6 Å². The summed E-state index contributed by atoms with van der Waals surface area (Å²) in [6, 6.07) is 3.41. The van der Waals surface area contributed by atoms with Crippen molar-refractivity contribution in [3.05, 3.63) is 67.4 Å². The minimum atomic E-state index is -0.528. The van der Waals surface area contributed by atoms with Crippen molar-refractivity contribution in [2.24, 2.45) is 5.73 Å². The molecular weight excluding hydrogens is 242 g/mol. The van der Waals surface area contributed by atoms with Gasteiger partial charge < -0.3 is 10.5 Å². The molecule has 0 unspecified atom stereocenters. The number of allylic oxidation sites excluding steroid dienone is 3. The maximum Gasteiger partial charge on any atom is 0.267 e. The molecule has 2 aromatic heterocycles. The van der Waals surface area contributed by atoms with Gasteiger partial charge in [-0.05, 0) is 18.2 Å². The highest BCUT2D eigenvalue weighted by Gasteiger charge is 2.09. The molecule has 0 aliphatic carbocycles. The fraction of sp³-hybridized carbons (Fsp3) is 0. The maximum atomic E-state index is 11.2. The summed E-state index contributed by atoms with van der Waals surface area (Å²) in [4.78, 5) is 15.3. The maximum absolute atomic E-state index is 11.2. The Hall–Kier alpha value is -2.82. The summed E-state index contributed by atoms with van der Waals surface area (Å²) in [7, 11) is 0. The van der Waals surface area contributed by atoms with Gasteiger partial charge >= 0.3 is 0 Å². The van der Waals surface area contributed by atoms with Crippen molar-refractivity contribution < 1.29 is 9.53 Å². The van der Waals surface area contributed by atoms with Crippen LogP contribution in [0.25, 0.3) is 5.65 Å². The predicted molar refractivity (Wildman–Crippen MR) is 72.8 cm³/mol. The van der Waals surface area contributed by atoms with E-state index in [-0.39, 0.29) is 0 Å². The van der Waals surface area contributed by atoms with E-state index in [2.05, 4.69) is 18.1 Å². The molecule has 0 saturated carbocycles. The Bertz CT molecular complexity index is 683. The van der Waals surface area contributed by atoms with Crippen LogP contribution in [-0.4, -0.2) is 15.3 Å². The van der Waals surface area contributed by atoms with Crippen molar-refractivity contribution in [1.29, 1.82) is 0 Å². The molecule has 5 nitrogen and oxygen atoms in total. The summed E-state index contributed by atoms with van der Waals surface area (Å²) < 4.78 is 7.18. The SMILES string of the molecule is C=C/C=C(\C=C)Oc1ccn2c(C(N)=O)cnc2c1. The van der Waals surface area contributed by atoms with Gasteiger partial charge in [-0.2, -0.15) is 0 Å². The molecule has 19 heavy (non-hydrogen) atoms. The van der Waals surface area contributed by atoms with Crippen LogP contribution >= 0.6 is 0 Å². The molecule has 5 heteroatoms. The van der Waals surface area contributed by atoms with Crippen LogP contribution < -0.4 is 10.5 Å². The van der Waals surface area contributed by atoms with Crippen molar-refractivity contribution in [2.45, 2.75) is 0 Å². The number of amides is 1. The van der Waals surface area contributed by atoms with Crippen molar-refractivity contribution >= 4 is 11.6 Å². The monoisotopic (exact) mass is 255 g/mol. The highest BCUT2D eigenvalue weighted by Crippen LogP contribution is 2.18. The third-order valence-electron chi connectivity index (χ3n) is 2.46. The van der Waals surface area contributed by atoms with Crippen molar-refractivity contribution in [3.8, 4) is 5.75 Å². The van der Waals surface area contributed by atoms with Gasteiger partial charge in [-0.15, -0.1) is 0 Å². The number of primary amides is 1. The van der Waals surface area contributed by atoms with Crippen molar-refractivity contribution in [1.82, 2.24) is 9.38 Å². The Kier molecular flexibility index (Phi) is 3.47. The Balaban J connectivity index is 2.37. The van der Waals surface area contributed by atoms with Crippen molar-refractivity contribution in [3.63, 3.8) is 0 Å². The second kappa shape index (κ2) is 5.22. The van der Waals surface area contributed by atoms with E-state index < -0.39 is 5.91 Å². The van der Waals surface area contributed by atoms with Crippen LogP contribution in [0.5, 0.6) is 5.75 Å². The molecule has 0 aromatic carbocycles. The first-order valence-electron chi connectivity index (χ1n) is 5.55. The molecule has 0 aliphatic rings. The van der Waals surface area contributed by atoms with Gasteiger partial charge in [0.2, 0.25) is 0 Å². The van der Waals surface area contributed by atoms with Crippen LogP contribution in [0.2, 0.25) is 0 Å². The molecule has 96 valence electrons. The number of ether oxygens (including phenoxy) is 1. The molecule has 2 aromatic rings. The number of rotatable bonds is 5. The largest absolute Gasteiger partial charge is 0.457 e. The quantitative estimate of drug-likeness (QED) is 0.656. The fourth-order valence-corrected chi connectivity index (χ4v) is 1.60. The van der Waals surface area contributed by atoms with Crippen molar-refractivity contribution in [2.75, 3.05) is 0 Å². The zero-order chi connectivity index (χ0) is 13.8. The molecule has 0 atom stereocenters. The molecule has 1 amide bonds. The highest BCUT2D eigenvalue weighted by atomic mass is 16.5. The van der Waals surface area contributed by atoms with Gasteiger partial charge in [0.1, 0.15) is 22.8 Å². The average molecular weight is 255 g/mol. The lowest BCUT2D eigenvalue weighted by Gasteiger charge is -2.06. The standard InChI is InChI=1S/C14H13N3O2/c1-3-5-10(4-2)19-11-6-7-17-12(14(15)18)9-16-13(17)8-11/h3-9H,1-2H2,(H2,15,18)/b10-5+. The molecule has 2 rings (SSSR count). The fourth-order valence-electron chi connectivity index (χ4n) is 1.60. The number of pyridine rings is 1. The van der Waals surface area contributed by atoms with E-state index >= 15 is 0 Å². The van der Waals surface area contributed by atoms with Gasteiger partial charge in [-0.1, -0.05) is 19.2 Å². The number of nitrogens with zero attached hydrogens (tertiary/aromatic N) is 2. The number of carbonyl (C=O) groups excluding carboxylic acids is 1. The van der Waals surface area contributed by atoms with Gasteiger partial charge in [0.25, 0.3) is 5.91 Å². The first-order valence-corrected chi connectivity index (χ1v) is 5.55. The minimum absolute atomic E-state index is 0.326. The Morgan fingerprint density at radius 1 is 1.47 bits per heavy atom. The lowest BCUT2D eigenvalue weighted by Crippen LogP contribution is -2.13. The summed E-state index contributed by atoms with van der Waals surface area (Å²) in [6.07, 6.45) is 7.97. The van der Waals surface area contributed by atoms with E-state index in [4.69, 9.17) is 10.5 Å². The smallest absolute Gasteiger partial charge is 0.267 e. The average Bonchev–Trinajstić information content (AvgIpc) is 2.81. The molecular formula is C14H13N3O2. The third kappa shape index (κ3) is 2.55. The van der Waals surface area contributed by atoms with Gasteiger partial charge in [-0.3, -0.25) is 9.20 Å². The number of hydrogen-bond donors (Lipinski definition) is 1. The van der Waals surface area contributed by atoms with Gasteiger partial charge in [0.15, 0.2) is 0 Å². The van der Waals surface area contributed by atoms with Crippen LogP contribution in [0.3, 0.4) is 0 Å². The number of aromatic nitrogens is 2. The summed E-state index contributed by atoms with van der Waals surface area (Å²) in [5.74, 6) is 0.627. The van der Waals surface area contributed by atoms with Crippen LogP contribution in [0, 0.1) is 0 Å². The van der Waals surface area contributed by atoms with Gasteiger partial charge in [0, 0.05) is 12.3 Å². The number of nitrogens with two attached hydrogens (primary N) is 1. The zero-order valence-electron chi connectivity index (χ0n) is 10.2. The second-order valence-electron chi connectivity index (χ2n) is 3.71. The molecule has 0 bridgehead atoms. The van der Waals surface area contributed by atoms with Gasteiger partial charge in [-0.25, -0.2) is 4.98 Å². The Labute approximate surface area is 110 Å². The van der Waals surface area contributed by atoms with Gasteiger partial charge in [0.05, 0.1) is 6.20 Å². The molecule has 0 aliphatic heterocycles. The molecule has 0 spiro atoms. The van der Waals surface area contributed by atoms with E-state index in [0.29, 0.717) is 22.8 Å². The molecule has 0 radical (unpaired) electrons. The predicted octanol–water partition coefficient (Wildman–Crippen LogP) is 2.07. The van der Waals surface area contributed by atoms with E-state index in [1.165, 1.54) is 6.20 Å². The molecule has 0 fully saturated rings. The molecule has 0 saturated heterocycles. The van der Waals surface area contributed by atoms with Crippen LogP contribution in [0.4, 0.5) is 0 Å². The summed E-state index contributed by atoms with van der Waals surface area (Å²) in [6.45, 7) is 7.23. The number of imidazole rings is 1. The Morgan fingerprint density at radius 3 is 2.89 bits per heavy atom. The molecule has 2 heterocycles.